The zero-order chi connectivity index (χ0) is 15.5. The summed E-state index contributed by atoms with van der Waals surface area (Å²) in [6.45, 7) is 1.12. The lowest BCUT2D eigenvalue weighted by atomic mass is 9.99. The number of nitrogens with one attached hydrogen (secondary N) is 1. The van der Waals surface area contributed by atoms with Gasteiger partial charge in [-0.05, 0) is 60.0 Å². The molecule has 0 atom stereocenters. The molecule has 0 bridgehead atoms. The van der Waals surface area contributed by atoms with Crippen molar-refractivity contribution >= 4 is 0 Å². The van der Waals surface area contributed by atoms with Crippen LogP contribution in [0.1, 0.15) is 55.2 Å². The lowest BCUT2D eigenvalue weighted by molar-refractivity contribution is 0.463. The molecule has 1 saturated carbocycles. The Labute approximate surface area is 140 Å². The van der Waals surface area contributed by atoms with Gasteiger partial charge in [0.05, 0.1) is 0 Å². The standard InChI is InChI=1S/C22H27N/c1-2-4-11-19(10-3-1)23-15-14-17-9-7-13-21-20-12-6-5-8-18(20)16-22(17)21/h5-9,12-13,19,23H,1-4,10-11,14-16H2. The number of rotatable bonds is 4. The third kappa shape index (κ3) is 3.21. The number of benzene rings is 2. The highest BCUT2D eigenvalue weighted by Gasteiger charge is 2.20. The molecule has 2 aromatic carbocycles. The second-order valence-electron chi connectivity index (χ2n) is 7.17. The quantitative estimate of drug-likeness (QED) is 0.660. The summed E-state index contributed by atoms with van der Waals surface area (Å²) in [7, 11) is 0. The molecule has 0 spiro atoms. The Morgan fingerprint density at radius 2 is 1.61 bits per heavy atom. The monoisotopic (exact) mass is 305 g/mol. The van der Waals surface area contributed by atoms with E-state index in [1.54, 1.807) is 11.1 Å². The van der Waals surface area contributed by atoms with Crippen molar-refractivity contribution in [3.63, 3.8) is 0 Å². The van der Waals surface area contributed by atoms with Crippen LogP contribution in [-0.4, -0.2) is 12.6 Å². The molecule has 2 aromatic rings. The van der Waals surface area contributed by atoms with Gasteiger partial charge < -0.3 is 5.32 Å². The second kappa shape index (κ2) is 6.88. The smallest absolute Gasteiger partial charge is 0.00671 e. The van der Waals surface area contributed by atoms with Gasteiger partial charge in [-0.15, -0.1) is 0 Å². The van der Waals surface area contributed by atoms with Crippen LogP contribution in [0.3, 0.4) is 0 Å². The first kappa shape index (κ1) is 15.0. The Morgan fingerprint density at radius 1 is 0.826 bits per heavy atom. The van der Waals surface area contributed by atoms with Crippen LogP contribution in [0.2, 0.25) is 0 Å². The van der Waals surface area contributed by atoms with E-state index in [9.17, 15) is 0 Å². The predicted octanol–water partition coefficient (Wildman–Crippen LogP) is 5.11. The highest BCUT2D eigenvalue weighted by atomic mass is 14.9. The summed E-state index contributed by atoms with van der Waals surface area (Å²) in [6, 6.07) is 16.5. The third-order valence-corrected chi connectivity index (χ3v) is 5.63. The van der Waals surface area contributed by atoms with Gasteiger partial charge in [0.25, 0.3) is 0 Å². The molecule has 0 saturated heterocycles. The minimum atomic E-state index is 0.756. The van der Waals surface area contributed by atoms with Crippen molar-refractivity contribution < 1.29 is 0 Å². The van der Waals surface area contributed by atoms with E-state index >= 15 is 0 Å². The highest BCUT2D eigenvalue weighted by Crippen LogP contribution is 2.38. The van der Waals surface area contributed by atoms with E-state index in [-0.39, 0.29) is 0 Å². The summed E-state index contributed by atoms with van der Waals surface area (Å²) in [5.41, 5.74) is 7.51. The Balaban J connectivity index is 1.43. The van der Waals surface area contributed by atoms with Crippen molar-refractivity contribution in [2.75, 3.05) is 6.54 Å². The molecule has 120 valence electrons. The summed E-state index contributed by atoms with van der Waals surface area (Å²) >= 11 is 0. The van der Waals surface area contributed by atoms with E-state index in [0.717, 1.165) is 25.4 Å². The predicted molar refractivity (Wildman–Crippen MR) is 97.9 cm³/mol. The fourth-order valence-corrected chi connectivity index (χ4v) is 4.35. The van der Waals surface area contributed by atoms with E-state index in [1.807, 2.05) is 0 Å². The number of hydrogen-bond donors (Lipinski definition) is 1. The minimum Gasteiger partial charge on any atom is -0.314 e. The SMILES string of the molecule is c1ccc2c(c1)Cc1c(CCNC3CCCCCC3)cccc1-2. The maximum atomic E-state index is 3.82. The molecular formula is C22H27N. The molecule has 0 radical (unpaired) electrons. The van der Waals surface area contributed by atoms with Crippen LogP contribution >= 0.6 is 0 Å². The van der Waals surface area contributed by atoms with Crippen molar-refractivity contribution in [2.24, 2.45) is 0 Å². The average molecular weight is 305 g/mol. The van der Waals surface area contributed by atoms with Crippen molar-refractivity contribution in [3.8, 4) is 11.1 Å². The van der Waals surface area contributed by atoms with Gasteiger partial charge in [0.2, 0.25) is 0 Å². The van der Waals surface area contributed by atoms with Crippen LogP contribution in [-0.2, 0) is 12.8 Å². The number of fused-ring (bicyclic) bond motifs is 3. The Kier molecular flexibility index (Phi) is 4.48. The molecule has 1 N–H and O–H groups in total. The Bertz CT molecular complexity index is 665. The molecule has 0 aromatic heterocycles. The van der Waals surface area contributed by atoms with Gasteiger partial charge in [0.1, 0.15) is 0 Å². The summed E-state index contributed by atoms with van der Waals surface area (Å²) in [6.07, 6.45) is 10.7. The van der Waals surface area contributed by atoms with Crippen LogP contribution in [0.5, 0.6) is 0 Å². The van der Waals surface area contributed by atoms with Gasteiger partial charge in [0.15, 0.2) is 0 Å². The van der Waals surface area contributed by atoms with Crippen LogP contribution < -0.4 is 5.32 Å². The molecule has 1 heteroatoms. The lowest BCUT2D eigenvalue weighted by Crippen LogP contribution is -2.30. The average Bonchev–Trinajstić information content (AvgIpc) is 2.77. The largest absolute Gasteiger partial charge is 0.314 e. The van der Waals surface area contributed by atoms with Crippen molar-refractivity contribution in [1.82, 2.24) is 5.32 Å². The van der Waals surface area contributed by atoms with Gasteiger partial charge in [-0.3, -0.25) is 0 Å². The Morgan fingerprint density at radius 3 is 2.48 bits per heavy atom. The molecular weight excluding hydrogens is 278 g/mol. The normalized spacial score (nSPS) is 17.6. The molecule has 2 aliphatic carbocycles. The third-order valence-electron chi connectivity index (χ3n) is 5.63. The van der Waals surface area contributed by atoms with Gasteiger partial charge in [0, 0.05) is 6.04 Å². The summed E-state index contributed by atoms with van der Waals surface area (Å²) in [5.74, 6) is 0. The van der Waals surface area contributed by atoms with Crippen LogP contribution in [0.4, 0.5) is 0 Å². The molecule has 23 heavy (non-hydrogen) atoms. The highest BCUT2D eigenvalue weighted by molar-refractivity contribution is 5.77. The molecule has 1 fully saturated rings. The maximum Gasteiger partial charge on any atom is 0.00671 e. The zero-order valence-corrected chi connectivity index (χ0v) is 14.0. The molecule has 0 amide bonds. The molecule has 1 nitrogen and oxygen atoms in total. The van der Waals surface area contributed by atoms with Gasteiger partial charge in [-0.25, -0.2) is 0 Å². The van der Waals surface area contributed by atoms with Crippen molar-refractivity contribution in [1.29, 1.82) is 0 Å². The lowest BCUT2D eigenvalue weighted by Gasteiger charge is -2.17. The second-order valence-corrected chi connectivity index (χ2v) is 7.17. The topological polar surface area (TPSA) is 12.0 Å². The van der Waals surface area contributed by atoms with E-state index in [4.69, 9.17) is 0 Å². The fourth-order valence-electron chi connectivity index (χ4n) is 4.35. The summed E-state index contributed by atoms with van der Waals surface area (Å²) in [4.78, 5) is 0. The van der Waals surface area contributed by atoms with Crippen LogP contribution in [0, 0.1) is 0 Å². The molecule has 2 aliphatic rings. The molecule has 0 heterocycles. The summed E-state index contributed by atoms with van der Waals surface area (Å²) < 4.78 is 0. The van der Waals surface area contributed by atoms with Gasteiger partial charge in [-0.2, -0.15) is 0 Å². The first-order valence-corrected chi connectivity index (χ1v) is 9.34. The van der Waals surface area contributed by atoms with Gasteiger partial charge >= 0.3 is 0 Å². The maximum absolute atomic E-state index is 3.82. The van der Waals surface area contributed by atoms with E-state index in [1.165, 1.54) is 55.2 Å². The molecule has 0 unspecified atom stereocenters. The van der Waals surface area contributed by atoms with Crippen molar-refractivity contribution in [2.45, 2.75) is 57.4 Å². The fraction of sp³-hybridized carbons (Fsp3) is 0.455. The van der Waals surface area contributed by atoms with E-state index in [2.05, 4.69) is 47.8 Å². The minimum absolute atomic E-state index is 0.756. The Hall–Kier alpha value is -1.60. The molecule has 0 aliphatic heterocycles. The van der Waals surface area contributed by atoms with Crippen LogP contribution in [0.15, 0.2) is 42.5 Å². The van der Waals surface area contributed by atoms with E-state index < -0.39 is 0 Å². The van der Waals surface area contributed by atoms with E-state index in [0.29, 0.717) is 0 Å². The summed E-state index contributed by atoms with van der Waals surface area (Å²) in [5, 5.41) is 3.82. The van der Waals surface area contributed by atoms with Gasteiger partial charge in [-0.1, -0.05) is 68.1 Å². The van der Waals surface area contributed by atoms with Crippen molar-refractivity contribution in [3.05, 3.63) is 59.2 Å². The first-order valence-electron chi connectivity index (χ1n) is 9.34. The zero-order valence-electron chi connectivity index (χ0n) is 14.0. The van der Waals surface area contributed by atoms with Crippen LogP contribution in [0.25, 0.3) is 11.1 Å². The first-order chi connectivity index (χ1) is 11.4. The molecule has 4 rings (SSSR count). The number of hydrogen-bond acceptors (Lipinski definition) is 1.